The molecular weight excluding hydrogens is 350 g/mol. The van der Waals surface area contributed by atoms with Crippen LogP contribution in [0.5, 0.6) is 0 Å². The minimum atomic E-state index is 0.0422. The summed E-state index contributed by atoms with van der Waals surface area (Å²) in [5.74, 6) is 0. The molecule has 2 aliphatic rings. The highest BCUT2D eigenvalue weighted by Crippen LogP contribution is 2.49. The molecule has 29 heavy (non-hydrogen) atoms. The molecule has 0 heterocycles. The molecule has 146 valence electrons. The van der Waals surface area contributed by atoms with E-state index in [-0.39, 0.29) is 5.41 Å². The molecule has 0 saturated heterocycles. The van der Waals surface area contributed by atoms with E-state index >= 15 is 0 Å². The second kappa shape index (κ2) is 7.40. The van der Waals surface area contributed by atoms with Crippen molar-refractivity contribution in [2.24, 2.45) is 0 Å². The van der Waals surface area contributed by atoms with Gasteiger partial charge in [-0.1, -0.05) is 75.1 Å². The van der Waals surface area contributed by atoms with Crippen molar-refractivity contribution >= 4 is 5.57 Å². The molecule has 0 radical (unpaired) electrons. The van der Waals surface area contributed by atoms with E-state index in [2.05, 4.69) is 106 Å². The number of benzene rings is 2. The zero-order chi connectivity index (χ0) is 20.6. The maximum Gasteiger partial charge on any atom is 0.0376 e. The van der Waals surface area contributed by atoms with E-state index in [1.54, 1.807) is 0 Å². The SMILES string of the molecule is C=C(/C=C(\C=C/C)c1ccc2c(c1)-c1ccccc1C2(C)C)C1=C(NC)C=CC1. The van der Waals surface area contributed by atoms with Crippen LogP contribution in [-0.4, -0.2) is 7.05 Å². The fraction of sp³-hybridized carbons (Fsp3) is 0.214. The summed E-state index contributed by atoms with van der Waals surface area (Å²) in [6, 6.07) is 15.7. The lowest BCUT2D eigenvalue weighted by atomic mass is 9.82. The second-order valence-corrected chi connectivity index (χ2v) is 8.30. The Morgan fingerprint density at radius 2 is 1.83 bits per heavy atom. The summed E-state index contributed by atoms with van der Waals surface area (Å²) >= 11 is 0. The van der Waals surface area contributed by atoms with Crippen LogP contribution in [0.15, 0.2) is 96.3 Å². The zero-order valence-electron chi connectivity index (χ0n) is 17.8. The number of likely N-dealkylation sites (N-methyl/N-ethyl adjacent to an activating group) is 1. The Hall–Kier alpha value is -3.06. The van der Waals surface area contributed by atoms with Crippen LogP contribution in [-0.2, 0) is 5.41 Å². The van der Waals surface area contributed by atoms with Gasteiger partial charge in [0.05, 0.1) is 0 Å². The molecule has 1 N–H and O–H groups in total. The van der Waals surface area contributed by atoms with Crippen molar-refractivity contribution in [3.8, 4) is 11.1 Å². The Kier molecular flexibility index (Phi) is 4.92. The lowest BCUT2D eigenvalue weighted by Crippen LogP contribution is -2.14. The van der Waals surface area contributed by atoms with E-state index in [1.807, 2.05) is 7.05 Å². The standard InChI is InChI=1S/C28H29N/c1-6-10-20(17-19(2)22-12-9-14-27(22)29-5)21-15-16-26-24(18-21)23-11-7-8-13-25(23)28(26,3)4/h6-11,13-18,29H,2,12H2,1,3-5H3/b10-6-,20-17+. The molecule has 2 aliphatic carbocycles. The van der Waals surface area contributed by atoms with Crippen LogP contribution in [0.4, 0.5) is 0 Å². The van der Waals surface area contributed by atoms with Gasteiger partial charge in [-0.15, -0.1) is 0 Å². The third-order valence-electron chi connectivity index (χ3n) is 6.18. The summed E-state index contributed by atoms with van der Waals surface area (Å²) in [6.07, 6.45) is 11.8. The Morgan fingerprint density at radius 3 is 2.59 bits per heavy atom. The summed E-state index contributed by atoms with van der Waals surface area (Å²) in [5.41, 5.74) is 11.5. The average molecular weight is 380 g/mol. The smallest absolute Gasteiger partial charge is 0.0376 e. The van der Waals surface area contributed by atoms with Gasteiger partial charge in [0.15, 0.2) is 0 Å². The number of nitrogens with one attached hydrogen (secondary N) is 1. The van der Waals surface area contributed by atoms with Gasteiger partial charge in [-0.25, -0.2) is 0 Å². The van der Waals surface area contributed by atoms with Gasteiger partial charge in [-0.3, -0.25) is 0 Å². The van der Waals surface area contributed by atoms with E-state index in [0.29, 0.717) is 0 Å². The molecule has 1 heteroatoms. The number of hydrogen-bond acceptors (Lipinski definition) is 1. The van der Waals surface area contributed by atoms with Gasteiger partial charge in [0.1, 0.15) is 0 Å². The van der Waals surface area contributed by atoms with E-state index in [0.717, 1.165) is 17.7 Å². The first-order valence-electron chi connectivity index (χ1n) is 10.3. The van der Waals surface area contributed by atoms with Crippen LogP contribution in [0, 0.1) is 0 Å². The lowest BCUT2D eigenvalue weighted by molar-refractivity contribution is 0.660. The van der Waals surface area contributed by atoms with Gasteiger partial charge in [0, 0.05) is 18.2 Å². The molecule has 2 aromatic rings. The van der Waals surface area contributed by atoms with Crippen LogP contribution in [0.1, 0.15) is 43.9 Å². The van der Waals surface area contributed by atoms with Gasteiger partial charge in [0.25, 0.3) is 0 Å². The van der Waals surface area contributed by atoms with Gasteiger partial charge in [-0.2, -0.15) is 0 Å². The molecule has 2 aromatic carbocycles. The number of hydrogen-bond donors (Lipinski definition) is 1. The molecule has 0 fully saturated rings. The highest BCUT2D eigenvalue weighted by atomic mass is 14.8. The molecule has 0 atom stereocenters. The minimum Gasteiger partial charge on any atom is -0.388 e. The molecule has 0 bridgehead atoms. The first-order valence-corrected chi connectivity index (χ1v) is 10.3. The second-order valence-electron chi connectivity index (χ2n) is 8.30. The third kappa shape index (κ3) is 3.21. The molecule has 0 spiro atoms. The summed E-state index contributed by atoms with van der Waals surface area (Å²) in [5, 5.41) is 3.28. The number of allylic oxidation sites excluding steroid dienone is 8. The summed E-state index contributed by atoms with van der Waals surface area (Å²) < 4.78 is 0. The maximum atomic E-state index is 4.37. The number of fused-ring (bicyclic) bond motifs is 3. The van der Waals surface area contributed by atoms with Crippen LogP contribution in [0.3, 0.4) is 0 Å². The summed E-state index contributed by atoms with van der Waals surface area (Å²) in [6.45, 7) is 11.1. The normalized spacial score (nSPS) is 17.0. The Bertz CT molecular complexity index is 1100. The highest BCUT2D eigenvalue weighted by molar-refractivity contribution is 5.86. The van der Waals surface area contributed by atoms with Crippen molar-refractivity contribution in [2.75, 3.05) is 7.05 Å². The van der Waals surface area contributed by atoms with Crippen molar-refractivity contribution in [1.82, 2.24) is 5.32 Å². The fourth-order valence-electron chi connectivity index (χ4n) is 4.63. The predicted molar refractivity (Wildman–Crippen MR) is 126 cm³/mol. The first-order chi connectivity index (χ1) is 14.0. The molecule has 1 nitrogen and oxygen atoms in total. The molecule has 4 rings (SSSR count). The van der Waals surface area contributed by atoms with Crippen molar-refractivity contribution in [1.29, 1.82) is 0 Å². The van der Waals surface area contributed by atoms with Crippen LogP contribution < -0.4 is 5.32 Å². The highest BCUT2D eigenvalue weighted by Gasteiger charge is 2.35. The fourth-order valence-corrected chi connectivity index (χ4v) is 4.63. The largest absolute Gasteiger partial charge is 0.388 e. The van der Waals surface area contributed by atoms with Crippen LogP contribution >= 0.6 is 0 Å². The zero-order valence-corrected chi connectivity index (χ0v) is 17.8. The number of rotatable bonds is 5. The van der Waals surface area contributed by atoms with E-state index in [1.165, 1.54) is 39.0 Å². The van der Waals surface area contributed by atoms with E-state index in [9.17, 15) is 0 Å². The van der Waals surface area contributed by atoms with Crippen molar-refractivity contribution < 1.29 is 0 Å². The minimum absolute atomic E-state index is 0.0422. The maximum absolute atomic E-state index is 4.37. The van der Waals surface area contributed by atoms with Gasteiger partial charge in [0.2, 0.25) is 0 Å². The molecular formula is C28H29N. The van der Waals surface area contributed by atoms with Crippen LogP contribution in [0.25, 0.3) is 16.7 Å². The third-order valence-corrected chi connectivity index (χ3v) is 6.18. The molecule has 0 aromatic heterocycles. The van der Waals surface area contributed by atoms with Crippen molar-refractivity contribution in [2.45, 2.75) is 32.6 Å². The van der Waals surface area contributed by atoms with Gasteiger partial charge < -0.3 is 5.32 Å². The molecule has 0 aliphatic heterocycles. The Balaban J connectivity index is 1.79. The van der Waals surface area contributed by atoms with E-state index < -0.39 is 0 Å². The topological polar surface area (TPSA) is 12.0 Å². The monoisotopic (exact) mass is 379 g/mol. The molecule has 0 amide bonds. The molecule has 0 saturated carbocycles. The average Bonchev–Trinajstić information content (AvgIpc) is 3.29. The summed E-state index contributed by atoms with van der Waals surface area (Å²) in [7, 11) is 1.97. The van der Waals surface area contributed by atoms with Crippen LogP contribution in [0.2, 0.25) is 0 Å². The Morgan fingerprint density at radius 1 is 1.07 bits per heavy atom. The summed E-state index contributed by atoms with van der Waals surface area (Å²) in [4.78, 5) is 0. The lowest BCUT2D eigenvalue weighted by Gasteiger charge is -2.21. The quantitative estimate of drug-likeness (QED) is 0.555. The molecule has 0 unspecified atom stereocenters. The van der Waals surface area contributed by atoms with Gasteiger partial charge >= 0.3 is 0 Å². The van der Waals surface area contributed by atoms with E-state index in [4.69, 9.17) is 0 Å². The Labute approximate surface area is 174 Å². The van der Waals surface area contributed by atoms with Gasteiger partial charge in [-0.05, 0) is 76.1 Å². The van der Waals surface area contributed by atoms with Crippen molar-refractivity contribution in [3.05, 3.63) is 113 Å². The van der Waals surface area contributed by atoms with Crippen molar-refractivity contribution in [3.63, 3.8) is 0 Å². The first kappa shape index (κ1) is 19.3. The predicted octanol–water partition coefficient (Wildman–Crippen LogP) is 6.94.